The first-order chi connectivity index (χ1) is 11.0. The van der Waals surface area contributed by atoms with Crippen LogP contribution in [0.4, 0.5) is 5.69 Å². The molecule has 3 N–H and O–H groups in total. The average molecular weight is 341 g/mol. The fourth-order valence-electron chi connectivity index (χ4n) is 2.49. The van der Waals surface area contributed by atoms with E-state index in [4.69, 9.17) is 16.3 Å². The van der Waals surface area contributed by atoms with Gasteiger partial charge in [-0.2, -0.15) is 0 Å². The topological polar surface area (TPSA) is 95.1 Å². The lowest BCUT2D eigenvalue weighted by Gasteiger charge is -2.18. The van der Waals surface area contributed by atoms with Crippen molar-refractivity contribution in [1.29, 1.82) is 0 Å². The van der Waals surface area contributed by atoms with Crippen LogP contribution in [0, 0.1) is 6.92 Å². The van der Waals surface area contributed by atoms with Crippen molar-refractivity contribution in [3.05, 3.63) is 28.8 Å². The smallest absolute Gasteiger partial charge is 0.230 e. The number of amides is 1. The van der Waals surface area contributed by atoms with Gasteiger partial charge in [-0.3, -0.25) is 4.79 Å². The molecule has 0 aromatic heterocycles. The third kappa shape index (κ3) is 5.49. The number of nitrogens with one attached hydrogen (secondary N) is 1. The van der Waals surface area contributed by atoms with E-state index < -0.39 is 12.0 Å². The molecule has 2 rings (SSSR count). The number of aliphatic carboxylic acids is 1. The van der Waals surface area contributed by atoms with Gasteiger partial charge in [-0.1, -0.05) is 17.7 Å². The third-order valence-electron chi connectivity index (χ3n) is 3.87. The predicted octanol–water partition coefficient (Wildman–Crippen LogP) is -0.162. The number of nitrogens with two attached hydrogens (primary N) is 1. The molecule has 1 aliphatic heterocycles. The number of aryl methyl sites for hydroxylation is 1. The zero-order chi connectivity index (χ0) is 16.8. The van der Waals surface area contributed by atoms with E-state index in [2.05, 4.69) is 5.32 Å². The van der Waals surface area contributed by atoms with E-state index in [0.29, 0.717) is 23.9 Å². The van der Waals surface area contributed by atoms with Gasteiger partial charge in [0.2, 0.25) is 5.91 Å². The van der Waals surface area contributed by atoms with E-state index in [9.17, 15) is 14.7 Å². The number of benzene rings is 1. The van der Waals surface area contributed by atoms with E-state index in [1.54, 1.807) is 23.5 Å². The van der Waals surface area contributed by atoms with Crippen LogP contribution < -0.4 is 15.7 Å². The van der Waals surface area contributed by atoms with Crippen LogP contribution in [0.3, 0.4) is 0 Å². The Bertz CT molecular complexity index is 573. The van der Waals surface area contributed by atoms with Crippen LogP contribution in [-0.4, -0.2) is 37.2 Å². The van der Waals surface area contributed by atoms with Crippen molar-refractivity contribution < 1.29 is 24.7 Å². The summed E-state index contributed by atoms with van der Waals surface area (Å²) in [6.07, 6.45) is 1.80. The molecule has 0 radical (unpaired) electrons. The summed E-state index contributed by atoms with van der Waals surface area (Å²) >= 11 is 6.00. The summed E-state index contributed by atoms with van der Waals surface area (Å²) in [5, 5.41) is 16.0. The highest BCUT2D eigenvalue weighted by Gasteiger charge is 2.23. The molecule has 7 heteroatoms. The lowest BCUT2D eigenvalue weighted by Crippen LogP contribution is -2.94. The highest BCUT2D eigenvalue weighted by Crippen LogP contribution is 2.20. The van der Waals surface area contributed by atoms with Crippen molar-refractivity contribution in [2.75, 3.05) is 18.5 Å². The van der Waals surface area contributed by atoms with Gasteiger partial charge in [0.15, 0.2) is 0 Å². The van der Waals surface area contributed by atoms with Gasteiger partial charge in [0, 0.05) is 17.3 Å². The van der Waals surface area contributed by atoms with E-state index >= 15 is 0 Å². The molecule has 1 aromatic carbocycles. The number of rotatable bonds is 7. The number of anilines is 1. The van der Waals surface area contributed by atoms with Crippen molar-refractivity contribution in [2.24, 2.45) is 0 Å². The monoisotopic (exact) mass is 340 g/mol. The molecule has 1 aromatic rings. The van der Waals surface area contributed by atoms with Crippen molar-refractivity contribution >= 4 is 29.2 Å². The maximum atomic E-state index is 12.0. The zero-order valence-electron chi connectivity index (χ0n) is 13.0. The highest BCUT2D eigenvalue weighted by molar-refractivity contribution is 6.31. The second kappa shape index (κ2) is 8.29. The van der Waals surface area contributed by atoms with Crippen LogP contribution in [0.25, 0.3) is 0 Å². The minimum atomic E-state index is -1.25. The standard InChI is InChI=1S/C16H21ClN2O4/c1-10-4-5-11(7-13(10)17)19-15(20)8-14(16(21)22)18-9-12-3-2-6-23-12/h4-5,7,12,14,18H,2-3,6,8-9H2,1H3,(H,19,20)(H,21,22). The summed E-state index contributed by atoms with van der Waals surface area (Å²) in [6.45, 7) is 3.09. The van der Waals surface area contributed by atoms with Gasteiger partial charge in [-0.15, -0.1) is 0 Å². The minimum absolute atomic E-state index is 0.0517. The van der Waals surface area contributed by atoms with E-state index in [-0.39, 0.29) is 18.4 Å². The molecule has 1 fully saturated rings. The van der Waals surface area contributed by atoms with Gasteiger partial charge in [0.25, 0.3) is 0 Å². The Kier molecular flexibility index (Phi) is 6.38. The second-order valence-electron chi connectivity index (χ2n) is 5.75. The van der Waals surface area contributed by atoms with E-state index in [1.165, 1.54) is 0 Å². The Hall–Kier alpha value is -1.63. The first-order valence-corrected chi connectivity index (χ1v) is 8.05. The molecule has 2 unspecified atom stereocenters. The Labute approximate surface area is 140 Å². The normalized spacial score (nSPS) is 18.6. The maximum Gasteiger partial charge on any atom is 0.230 e. The van der Waals surface area contributed by atoms with Crippen LogP contribution in [0.5, 0.6) is 0 Å². The average Bonchev–Trinajstić information content (AvgIpc) is 3.00. The number of quaternary nitrogens is 1. The fourth-order valence-corrected chi connectivity index (χ4v) is 2.67. The number of halogens is 1. The van der Waals surface area contributed by atoms with Crippen LogP contribution in [0.1, 0.15) is 24.8 Å². The molecule has 0 spiro atoms. The Morgan fingerprint density at radius 2 is 2.30 bits per heavy atom. The van der Waals surface area contributed by atoms with Crippen LogP contribution in [0.15, 0.2) is 18.2 Å². The summed E-state index contributed by atoms with van der Waals surface area (Å²) in [4.78, 5) is 23.2. The molecular formula is C16H21ClN2O4. The van der Waals surface area contributed by atoms with Crippen molar-refractivity contribution in [1.82, 2.24) is 0 Å². The molecule has 1 aliphatic rings. The molecule has 0 aliphatic carbocycles. The summed E-state index contributed by atoms with van der Waals surface area (Å²) in [7, 11) is 0. The molecule has 23 heavy (non-hydrogen) atoms. The Balaban J connectivity index is 1.86. The molecule has 0 saturated carbocycles. The maximum absolute atomic E-state index is 12.0. The van der Waals surface area contributed by atoms with Crippen LogP contribution in [0.2, 0.25) is 5.02 Å². The quantitative estimate of drug-likeness (QED) is 0.721. The SMILES string of the molecule is Cc1ccc(NC(=O)CC([NH2+]CC2CCCO2)C(=O)[O-])cc1Cl. The number of carbonyl (C=O) groups is 2. The number of hydrogen-bond donors (Lipinski definition) is 2. The summed E-state index contributed by atoms with van der Waals surface area (Å²) in [5.41, 5.74) is 1.45. The van der Waals surface area contributed by atoms with Gasteiger partial charge < -0.3 is 25.3 Å². The molecule has 0 bridgehead atoms. The second-order valence-corrected chi connectivity index (χ2v) is 6.16. The van der Waals surface area contributed by atoms with Crippen molar-refractivity contribution in [3.63, 3.8) is 0 Å². The first-order valence-electron chi connectivity index (χ1n) is 7.67. The van der Waals surface area contributed by atoms with Crippen LogP contribution >= 0.6 is 11.6 Å². The molecule has 1 saturated heterocycles. The number of carboxylic acid groups (broad SMARTS) is 1. The van der Waals surface area contributed by atoms with Crippen LogP contribution in [-0.2, 0) is 14.3 Å². The number of ether oxygens (including phenoxy) is 1. The number of hydrogen-bond acceptors (Lipinski definition) is 4. The van der Waals surface area contributed by atoms with E-state index in [1.807, 2.05) is 6.92 Å². The molecule has 1 amide bonds. The number of carbonyl (C=O) groups excluding carboxylic acids is 2. The van der Waals surface area contributed by atoms with Crippen molar-refractivity contribution in [2.45, 2.75) is 38.3 Å². The highest BCUT2D eigenvalue weighted by atomic mass is 35.5. The van der Waals surface area contributed by atoms with Crippen molar-refractivity contribution in [3.8, 4) is 0 Å². The largest absolute Gasteiger partial charge is 0.544 e. The van der Waals surface area contributed by atoms with Gasteiger partial charge in [0.05, 0.1) is 12.4 Å². The van der Waals surface area contributed by atoms with Gasteiger partial charge >= 0.3 is 0 Å². The predicted molar refractivity (Wildman–Crippen MR) is 84.0 cm³/mol. The molecule has 1 heterocycles. The lowest BCUT2D eigenvalue weighted by atomic mass is 10.1. The van der Waals surface area contributed by atoms with Gasteiger partial charge in [-0.25, -0.2) is 0 Å². The van der Waals surface area contributed by atoms with Gasteiger partial charge in [0.1, 0.15) is 18.7 Å². The zero-order valence-corrected chi connectivity index (χ0v) is 13.8. The fraction of sp³-hybridized carbons (Fsp3) is 0.500. The number of carboxylic acids is 1. The molecular weight excluding hydrogens is 320 g/mol. The Morgan fingerprint density at radius 3 is 2.91 bits per heavy atom. The summed E-state index contributed by atoms with van der Waals surface area (Å²) < 4.78 is 5.45. The molecule has 6 nitrogen and oxygen atoms in total. The summed E-state index contributed by atoms with van der Waals surface area (Å²) in [6, 6.07) is 4.22. The lowest BCUT2D eigenvalue weighted by molar-refractivity contribution is -0.687. The summed E-state index contributed by atoms with van der Waals surface area (Å²) in [5.74, 6) is -1.64. The van der Waals surface area contributed by atoms with Gasteiger partial charge in [-0.05, 0) is 37.5 Å². The minimum Gasteiger partial charge on any atom is -0.544 e. The van der Waals surface area contributed by atoms with E-state index in [0.717, 1.165) is 18.4 Å². The molecule has 2 atom stereocenters. The third-order valence-corrected chi connectivity index (χ3v) is 4.28. The first kappa shape index (κ1) is 17.7. The molecule has 126 valence electrons. The Morgan fingerprint density at radius 1 is 1.52 bits per heavy atom.